The molecule has 0 aliphatic rings. The van der Waals surface area contributed by atoms with Gasteiger partial charge in [-0.2, -0.15) is 0 Å². The maximum absolute atomic E-state index is 11.3. The Bertz CT molecular complexity index is 709. The monoisotopic (exact) mass is 388 g/mol. The van der Waals surface area contributed by atoms with Gasteiger partial charge in [0.15, 0.2) is 5.65 Å². The zero-order chi connectivity index (χ0) is 16.5. The van der Waals surface area contributed by atoms with Crippen LogP contribution in [0.25, 0.3) is 5.65 Å². The van der Waals surface area contributed by atoms with E-state index in [4.69, 9.17) is 16.8 Å². The van der Waals surface area contributed by atoms with Gasteiger partial charge in [0, 0.05) is 6.20 Å². The quantitative estimate of drug-likeness (QED) is 0.554. The summed E-state index contributed by atoms with van der Waals surface area (Å²) in [6.07, 6.45) is 2.46. The molecule has 0 spiro atoms. The van der Waals surface area contributed by atoms with E-state index in [0.717, 1.165) is 22.2 Å². The maximum atomic E-state index is 11.3. The van der Waals surface area contributed by atoms with Gasteiger partial charge in [0.1, 0.15) is 5.82 Å². The van der Waals surface area contributed by atoms with E-state index in [1.165, 1.54) is 0 Å². The lowest BCUT2D eigenvalue weighted by atomic mass is 9.90. The largest absolute Gasteiger partial charge is 0.360 e. The van der Waals surface area contributed by atoms with Crippen molar-refractivity contribution in [3.05, 3.63) is 27.5 Å². The fraction of sp³-hybridized carbons (Fsp3) is 0.429. The summed E-state index contributed by atoms with van der Waals surface area (Å²) in [6, 6.07) is 1.77. The lowest BCUT2D eigenvalue weighted by molar-refractivity contribution is -0.127. The molecule has 120 valence electrons. The van der Waals surface area contributed by atoms with Crippen LogP contribution in [0.15, 0.2) is 16.7 Å². The third-order valence-corrected chi connectivity index (χ3v) is 3.74. The molecule has 0 aliphatic carbocycles. The van der Waals surface area contributed by atoms with Crippen molar-refractivity contribution >= 4 is 44.9 Å². The Morgan fingerprint density at radius 1 is 1.50 bits per heavy atom. The van der Waals surface area contributed by atoms with Crippen molar-refractivity contribution in [2.75, 3.05) is 11.9 Å². The molecule has 0 saturated heterocycles. The minimum atomic E-state index is -0.530. The lowest BCUT2D eigenvalue weighted by Gasteiger charge is -2.17. The van der Waals surface area contributed by atoms with Crippen LogP contribution in [0.3, 0.4) is 0 Å². The molecule has 0 fully saturated rings. The molecule has 22 heavy (non-hydrogen) atoms. The van der Waals surface area contributed by atoms with Gasteiger partial charge in [0.2, 0.25) is 0 Å². The number of amides is 1. The first-order chi connectivity index (χ1) is 10.2. The first-order valence-corrected chi connectivity index (χ1v) is 7.91. The zero-order valence-corrected chi connectivity index (χ0v) is 14.9. The van der Waals surface area contributed by atoms with Crippen molar-refractivity contribution in [1.82, 2.24) is 14.9 Å². The Morgan fingerprint density at radius 3 is 2.77 bits per heavy atom. The van der Waals surface area contributed by atoms with Crippen LogP contribution in [0.5, 0.6) is 0 Å². The summed E-state index contributed by atoms with van der Waals surface area (Å²) in [6.45, 7) is 6.28. The Balaban J connectivity index is 2.51. The number of anilines is 1. The Labute approximate surface area is 142 Å². The Hall–Kier alpha value is -1.31. The van der Waals surface area contributed by atoms with Gasteiger partial charge in [-0.15, -0.1) is 0 Å². The molecule has 0 saturated carbocycles. The van der Waals surface area contributed by atoms with Gasteiger partial charge in [-0.1, -0.05) is 32.4 Å². The highest BCUT2D eigenvalue weighted by Crippen LogP contribution is 2.31. The average Bonchev–Trinajstić information content (AvgIpc) is 2.72. The number of hydroxylamine groups is 1. The number of carbonyl (C=O) groups excluding carboxylic acids is 1. The highest BCUT2D eigenvalue weighted by molar-refractivity contribution is 9.10. The molecule has 0 bridgehead atoms. The highest BCUT2D eigenvalue weighted by Gasteiger charge is 2.21. The standard InChI is InChI=1S/C14H18BrClN4O2/c1-14(2,3)5-10-13(17-6-11(21)19-22)20-7-8(16)4-9(15)12(20)18-10/h4,7,17,22H,5-6H2,1-3H3,(H,19,21). The van der Waals surface area contributed by atoms with E-state index in [1.54, 1.807) is 22.1 Å². The summed E-state index contributed by atoms with van der Waals surface area (Å²) in [7, 11) is 0. The Kier molecular flexibility index (Phi) is 4.99. The van der Waals surface area contributed by atoms with E-state index in [0.29, 0.717) is 10.8 Å². The number of nitrogens with zero attached hydrogens (tertiary/aromatic N) is 2. The number of halogens is 2. The van der Waals surface area contributed by atoms with Crippen LogP contribution >= 0.6 is 27.5 Å². The molecule has 2 rings (SSSR count). The number of aromatic nitrogens is 2. The number of carbonyl (C=O) groups is 1. The molecule has 0 unspecified atom stereocenters. The van der Waals surface area contributed by atoms with E-state index in [9.17, 15) is 4.79 Å². The van der Waals surface area contributed by atoms with Gasteiger partial charge in [-0.25, -0.2) is 10.5 Å². The molecule has 0 radical (unpaired) electrons. The van der Waals surface area contributed by atoms with Crippen molar-refractivity contribution in [3.8, 4) is 0 Å². The molecule has 2 aromatic rings. The van der Waals surface area contributed by atoms with E-state index in [1.807, 2.05) is 0 Å². The summed E-state index contributed by atoms with van der Waals surface area (Å²) >= 11 is 9.56. The second-order valence-electron chi connectivity index (χ2n) is 6.23. The van der Waals surface area contributed by atoms with Crippen LogP contribution in [0.1, 0.15) is 26.5 Å². The van der Waals surface area contributed by atoms with Gasteiger partial charge < -0.3 is 5.32 Å². The smallest absolute Gasteiger partial charge is 0.262 e. The van der Waals surface area contributed by atoms with E-state index >= 15 is 0 Å². The highest BCUT2D eigenvalue weighted by atomic mass is 79.9. The third kappa shape index (κ3) is 3.91. The van der Waals surface area contributed by atoms with Crippen LogP contribution in [-0.2, 0) is 11.2 Å². The van der Waals surface area contributed by atoms with Crippen LogP contribution in [0.2, 0.25) is 5.02 Å². The van der Waals surface area contributed by atoms with Gasteiger partial charge >= 0.3 is 0 Å². The lowest BCUT2D eigenvalue weighted by Crippen LogP contribution is -2.27. The molecule has 0 aromatic carbocycles. The Morgan fingerprint density at radius 2 is 2.18 bits per heavy atom. The average molecular weight is 390 g/mol. The molecule has 6 nitrogen and oxygen atoms in total. The number of imidazole rings is 1. The summed E-state index contributed by atoms with van der Waals surface area (Å²) in [4.78, 5) is 15.9. The number of rotatable bonds is 4. The first kappa shape index (κ1) is 17.1. The fourth-order valence-electron chi connectivity index (χ4n) is 2.14. The van der Waals surface area contributed by atoms with Crippen LogP contribution in [0, 0.1) is 5.41 Å². The maximum Gasteiger partial charge on any atom is 0.262 e. The van der Waals surface area contributed by atoms with Crippen molar-refractivity contribution in [1.29, 1.82) is 0 Å². The molecule has 0 aliphatic heterocycles. The minimum Gasteiger partial charge on any atom is -0.360 e. The van der Waals surface area contributed by atoms with Crippen molar-refractivity contribution in [3.63, 3.8) is 0 Å². The molecule has 2 heterocycles. The predicted octanol–water partition coefficient (Wildman–Crippen LogP) is 3.26. The summed E-state index contributed by atoms with van der Waals surface area (Å²) in [5.74, 6) is 0.162. The van der Waals surface area contributed by atoms with Gasteiger partial charge in [-0.05, 0) is 33.8 Å². The molecule has 8 heteroatoms. The predicted molar refractivity (Wildman–Crippen MR) is 89.5 cm³/mol. The van der Waals surface area contributed by atoms with Crippen LogP contribution in [-0.4, -0.2) is 27.0 Å². The molecule has 2 aromatic heterocycles. The van der Waals surface area contributed by atoms with Gasteiger partial charge in [0.25, 0.3) is 5.91 Å². The second kappa shape index (κ2) is 6.44. The van der Waals surface area contributed by atoms with Crippen LogP contribution in [0.4, 0.5) is 5.82 Å². The number of pyridine rings is 1. The SMILES string of the molecule is CC(C)(C)Cc1nc2c(Br)cc(Cl)cn2c1NCC(=O)NO. The van der Waals surface area contributed by atoms with E-state index in [2.05, 4.69) is 47.0 Å². The van der Waals surface area contributed by atoms with Gasteiger partial charge in [0.05, 0.1) is 21.7 Å². The first-order valence-electron chi connectivity index (χ1n) is 6.74. The normalized spacial score (nSPS) is 11.7. The number of nitrogens with one attached hydrogen (secondary N) is 2. The number of fused-ring (bicyclic) bond motifs is 1. The number of hydrogen-bond acceptors (Lipinski definition) is 4. The molecule has 1 amide bonds. The number of hydrogen-bond donors (Lipinski definition) is 3. The molecule has 0 atom stereocenters. The van der Waals surface area contributed by atoms with Crippen molar-refractivity contribution in [2.24, 2.45) is 5.41 Å². The van der Waals surface area contributed by atoms with E-state index in [-0.39, 0.29) is 12.0 Å². The molecule has 3 N–H and O–H groups in total. The second-order valence-corrected chi connectivity index (χ2v) is 7.52. The molecular weight excluding hydrogens is 372 g/mol. The van der Waals surface area contributed by atoms with Gasteiger partial charge in [-0.3, -0.25) is 14.4 Å². The van der Waals surface area contributed by atoms with E-state index < -0.39 is 5.91 Å². The topological polar surface area (TPSA) is 78.7 Å². The summed E-state index contributed by atoms with van der Waals surface area (Å²) < 4.78 is 2.58. The summed E-state index contributed by atoms with van der Waals surface area (Å²) in [5.41, 5.74) is 3.18. The van der Waals surface area contributed by atoms with Crippen molar-refractivity contribution in [2.45, 2.75) is 27.2 Å². The third-order valence-electron chi connectivity index (χ3n) is 2.95. The summed E-state index contributed by atoms with van der Waals surface area (Å²) in [5, 5.41) is 12.2. The van der Waals surface area contributed by atoms with Crippen molar-refractivity contribution < 1.29 is 10.0 Å². The minimum absolute atomic E-state index is 0.0316. The molecular formula is C14H18BrClN4O2. The zero-order valence-electron chi connectivity index (χ0n) is 12.6. The van der Waals surface area contributed by atoms with Crippen LogP contribution < -0.4 is 10.8 Å². The fourth-order valence-corrected chi connectivity index (χ4v) is 3.00.